The fraction of sp³-hybridized carbons (Fsp3) is 0.647. The Balaban J connectivity index is 1.68. The summed E-state index contributed by atoms with van der Waals surface area (Å²) >= 11 is 0. The smallest absolute Gasteiger partial charge is 0.290 e. The van der Waals surface area contributed by atoms with Crippen molar-refractivity contribution in [2.24, 2.45) is 5.92 Å². The predicted molar refractivity (Wildman–Crippen MR) is 86.0 cm³/mol. The summed E-state index contributed by atoms with van der Waals surface area (Å²) in [5.41, 5.74) is 0. The Labute approximate surface area is 136 Å². The first-order valence-electron chi connectivity index (χ1n) is 8.52. The van der Waals surface area contributed by atoms with Crippen molar-refractivity contribution in [3.8, 4) is 0 Å². The van der Waals surface area contributed by atoms with Crippen molar-refractivity contribution in [1.82, 2.24) is 15.5 Å². The van der Waals surface area contributed by atoms with E-state index >= 15 is 0 Å². The van der Waals surface area contributed by atoms with E-state index < -0.39 is 0 Å². The van der Waals surface area contributed by atoms with E-state index in [9.17, 15) is 9.59 Å². The second kappa shape index (κ2) is 7.17. The van der Waals surface area contributed by atoms with Gasteiger partial charge in [-0.15, -0.1) is 0 Å². The van der Waals surface area contributed by atoms with Crippen LogP contribution in [-0.2, 0) is 4.79 Å². The first-order chi connectivity index (χ1) is 11.2. The minimum Gasteiger partial charge on any atom is -0.459 e. The van der Waals surface area contributed by atoms with Crippen LogP contribution in [0.5, 0.6) is 0 Å². The zero-order chi connectivity index (χ0) is 16.2. The molecule has 1 aromatic rings. The van der Waals surface area contributed by atoms with Crippen LogP contribution >= 0.6 is 0 Å². The fourth-order valence-electron chi connectivity index (χ4n) is 3.50. The maximum absolute atomic E-state index is 12.7. The number of piperidine rings is 2. The molecule has 0 spiro atoms. The Hall–Kier alpha value is -1.82. The summed E-state index contributed by atoms with van der Waals surface area (Å²) < 4.78 is 5.21. The van der Waals surface area contributed by atoms with Gasteiger partial charge in [-0.1, -0.05) is 6.92 Å². The number of carbonyl (C=O) groups is 2. The first-order valence-corrected chi connectivity index (χ1v) is 8.52. The molecule has 0 aliphatic carbocycles. The monoisotopic (exact) mass is 319 g/mol. The zero-order valence-corrected chi connectivity index (χ0v) is 13.6. The molecule has 3 rings (SSSR count). The molecule has 2 aliphatic heterocycles. The van der Waals surface area contributed by atoms with Gasteiger partial charge in [0, 0.05) is 12.6 Å². The molecule has 0 bridgehead atoms. The molecule has 0 saturated carbocycles. The summed E-state index contributed by atoms with van der Waals surface area (Å²) in [6.45, 7) is 4.60. The lowest BCUT2D eigenvalue weighted by Crippen LogP contribution is -2.56. The van der Waals surface area contributed by atoms with E-state index in [4.69, 9.17) is 4.42 Å². The molecule has 2 saturated heterocycles. The third kappa shape index (κ3) is 3.58. The van der Waals surface area contributed by atoms with Gasteiger partial charge in [0.15, 0.2) is 5.76 Å². The van der Waals surface area contributed by atoms with E-state index in [2.05, 4.69) is 17.6 Å². The third-order valence-corrected chi connectivity index (χ3v) is 4.91. The van der Waals surface area contributed by atoms with Gasteiger partial charge in [0.25, 0.3) is 5.91 Å². The van der Waals surface area contributed by atoms with Crippen LogP contribution in [0.2, 0.25) is 0 Å². The van der Waals surface area contributed by atoms with Crippen LogP contribution in [0.15, 0.2) is 22.8 Å². The van der Waals surface area contributed by atoms with E-state index in [0.717, 1.165) is 38.8 Å². The largest absolute Gasteiger partial charge is 0.459 e. The van der Waals surface area contributed by atoms with Crippen LogP contribution in [-0.4, -0.2) is 48.4 Å². The third-order valence-electron chi connectivity index (χ3n) is 4.91. The van der Waals surface area contributed by atoms with Crippen LogP contribution in [0.3, 0.4) is 0 Å². The quantitative estimate of drug-likeness (QED) is 0.883. The minimum atomic E-state index is -0.386. The van der Waals surface area contributed by atoms with Gasteiger partial charge in [0.05, 0.1) is 6.26 Å². The van der Waals surface area contributed by atoms with Crippen molar-refractivity contribution in [3.05, 3.63) is 24.2 Å². The van der Waals surface area contributed by atoms with E-state index in [-0.39, 0.29) is 23.9 Å². The molecular weight excluding hydrogens is 294 g/mol. The van der Waals surface area contributed by atoms with E-state index in [1.54, 1.807) is 17.0 Å². The molecule has 3 heterocycles. The highest BCUT2D eigenvalue weighted by Gasteiger charge is 2.35. The van der Waals surface area contributed by atoms with Crippen molar-refractivity contribution in [1.29, 1.82) is 0 Å². The number of hydrogen-bond donors (Lipinski definition) is 2. The van der Waals surface area contributed by atoms with Crippen molar-refractivity contribution in [3.63, 3.8) is 0 Å². The van der Waals surface area contributed by atoms with Crippen LogP contribution in [0.1, 0.15) is 43.2 Å². The van der Waals surface area contributed by atoms with Crippen LogP contribution in [0.4, 0.5) is 0 Å². The maximum atomic E-state index is 12.7. The topological polar surface area (TPSA) is 74.6 Å². The summed E-state index contributed by atoms with van der Waals surface area (Å²) in [6.07, 6.45) is 5.05. The summed E-state index contributed by atoms with van der Waals surface area (Å²) in [5.74, 6) is 0.502. The predicted octanol–water partition coefficient (Wildman–Crippen LogP) is 1.39. The number of furan rings is 1. The Morgan fingerprint density at radius 1 is 1.35 bits per heavy atom. The number of nitrogens with one attached hydrogen (secondary N) is 2. The SMILES string of the molecule is CC1CNCCC1NC(=O)C1CCCCN1C(=O)c1ccco1. The Morgan fingerprint density at radius 2 is 2.22 bits per heavy atom. The summed E-state index contributed by atoms with van der Waals surface area (Å²) in [4.78, 5) is 27.0. The van der Waals surface area contributed by atoms with Crippen LogP contribution < -0.4 is 10.6 Å². The molecule has 6 heteroatoms. The molecule has 3 unspecified atom stereocenters. The van der Waals surface area contributed by atoms with Crippen molar-refractivity contribution >= 4 is 11.8 Å². The first kappa shape index (κ1) is 16.1. The number of rotatable bonds is 3. The minimum absolute atomic E-state index is 0.0247. The molecule has 2 N–H and O–H groups in total. The average Bonchev–Trinajstić information content (AvgIpc) is 3.11. The number of nitrogens with zero attached hydrogens (tertiary/aromatic N) is 1. The van der Waals surface area contributed by atoms with Gasteiger partial charge in [-0.25, -0.2) is 0 Å². The van der Waals surface area contributed by atoms with E-state index in [1.807, 2.05) is 0 Å². The average molecular weight is 319 g/mol. The van der Waals surface area contributed by atoms with Gasteiger partial charge in [-0.2, -0.15) is 0 Å². The van der Waals surface area contributed by atoms with Crippen molar-refractivity contribution in [2.75, 3.05) is 19.6 Å². The molecular formula is C17H25N3O3. The second-order valence-electron chi connectivity index (χ2n) is 6.57. The summed E-state index contributed by atoms with van der Waals surface area (Å²) in [5, 5.41) is 6.50. The molecule has 0 radical (unpaired) electrons. The molecule has 2 fully saturated rings. The highest BCUT2D eigenvalue weighted by atomic mass is 16.3. The molecule has 3 atom stereocenters. The molecule has 23 heavy (non-hydrogen) atoms. The van der Waals surface area contributed by atoms with Gasteiger partial charge in [-0.3, -0.25) is 9.59 Å². The lowest BCUT2D eigenvalue weighted by Gasteiger charge is -2.37. The Morgan fingerprint density at radius 3 is 2.96 bits per heavy atom. The van der Waals surface area contributed by atoms with Gasteiger partial charge in [0.1, 0.15) is 6.04 Å². The van der Waals surface area contributed by atoms with Gasteiger partial charge < -0.3 is 20.0 Å². The molecule has 126 valence electrons. The number of carbonyl (C=O) groups excluding carboxylic acids is 2. The second-order valence-corrected chi connectivity index (χ2v) is 6.57. The van der Waals surface area contributed by atoms with Crippen molar-refractivity contribution < 1.29 is 14.0 Å². The summed E-state index contributed by atoms with van der Waals surface area (Å²) in [7, 11) is 0. The van der Waals surface area contributed by atoms with E-state index in [1.165, 1.54) is 6.26 Å². The highest BCUT2D eigenvalue weighted by Crippen LogP contribution is 2.21. The number of likely N-dealkylation sites (tertiary alicyclic amines) is 1. The van der Waals surface area contributed by atoms with Gasteiger partial charge in [-0.05, 0) is 56.8 Å². The van der Waals surface area contributed by atoms with Crippen LogP contribution in [0, 0.1) is 5.92 Å². The zero-order valence-electron chi connectivity index (χ0n) is 13.6. The van der Waals surface area contributed by atoms with Gasteiger partial charge in [0.2, 0.25) is 5.91 Å². The van der Waals surface area contributed by atoms with E-state index in [0.29, 0.717) is 18.2 Å². The van der Waals surface area contributed by atoms with Crippen molar-refractivity contribution in [2.45, 2.75) is 44.7 Å². The highest BCUT2D eigenvalue weighted by molar-refractivity contribution is 5.95. The Kier molecular flexibility index (Phi) is 5.00. The molecule has 2 amide bonds. The molecule has 2 aliphatic rings. The lowest BCUT2D eigenvalue weighted by molar-refractivity contribution is -0.127. The maximum Gasteiger partial charge on any atom is 0.290 e. The molecule has 6 nitrogen and oxygen atoms in total. The number of amides is 2. The molecule has 0 aromatic carbocycles. The van der Waals surface area contributed by atoms with Crippen LogP contribution in [0.25, 0.3) is 0 Å². The fourth-order valence-corrected chi connectivity index (χ4v) is 3.50. The standard InChI is InChI=1S/C17H25N3O3/c1-12-11-18-8-7-13(12)19-16(21)14-5-2-3-9-20(14)17(22)15-6-4-10-23-15/h4,6,10,12-14,18H,2-3,5,7-9,11H2,1H3,(H,19,21). The molecule has 1 aromatic heterocycles. The Bertz CT molecular complexity index is 543. The van der Waals surface area contributed by atoms with Gasteiger partial charge >= 0.3 is 0 Å². The number of hydrogen-bond acceptors (Lipinski definition) is 4. The normalized spacial score (nSPS) is 28.4. The summed E-state index contributed by atoms with van der Waals surface area (Å²) in [6, 6.07) is 3.15. The lowest BCUT2D eigenvalue weighted by atomic mass is 9.94.